The summed E-state index contributed by atoms with van der Waals surface area (Å²) in [6.07, 6.45) is 3.58. The first-order chi connectivity index (χ1) is 14.2. The van der Waals surface area contributed by atoms with Gasteiger partial charge in [0.25, 0.3) is 0 Å². The van der Waals surface area contributed by atoms with Crippen LogP contribution in [0.5, 0.6) is 5.75 Å². The zero-order valence-corrected chi connectivity index (χ0v) is 17.1. The van der Waals surface area contributed by atoms with Gasteiger partial charge >= 0.3 is 0 Å². The van der Waals surface area contributed by atoms with Crippen LogP contribution in [0, 0.1) is 5.92 Å². The molecule has 0 aliphatic carbocycles. The lowest BCUT2D eigenvalue weighted by Crippen LogP contribution is -2.43. The summed E-state index contributed by atoms with van der Waals surface area (Å²) >= 11 is 6.13. The molecular formula is C21H24ClN5O2. The van der Waals surface area contributed by atoms with E-state index < -0.39 is 0 Å². The van der Waals surface area contributed by atoms with Gasteiger partial charge in [-0.15, -0.1) is 10.2 Å². The highest BCUT2D eigenvalue weighted by Crippen LogP contribution is 2.24. The van der Waals surface area contributed by atoms with Crippen LogP contribution in [0.15, 0.2) is 42.6 Å². The van der Waals surface area contributed by atoms with Gasteiger partial charge in [-0.2, -0.15) is 0 Å². The maximum Gasteiger partial charge on any atom is 0.231 e. The van der Waals surface area contributed by atoms with Gasteiger partial charge in [-0.25, -0.2) is 0 Å². The number of rotatable bonds is 6. The molecule has 0 saturated carbocycles. The quantitative estimate of drug-likeness (QED) is 0.671. The Hall–Kier alpha value is -2.80. The Bertz CT molecular complexity index is 1010. The first-order valence-corrected chi connectivity index (χ1v) is 10.3. The molecule has 29 heavy (non-hydrogen) atoms. The molecule has 7 nitrogen and oxygen atoms in total. The Morgan fingerprint density at radius 3 is 3.00 bits per heavy atom. The van der Waals surface area contributed by atoms with Crippen molar-refractivity contribution < 1.29 is 9.53 Å². The van der Waals surface area contributed by atoms with Crippen LogP contribution >= 0.6 is 11.6 Å². The Morgan fingerprint density at radius 1 is 1.28 bits per heavy atom. The number of pyridine rings is 1. The van der Waals surface area contributed by atoms with E-state index >= 15 is 0 Å². The molecule has 1 fully saturated rings. The number of fused-ring (bicyclic) bond motifs is 1. The Labute approximate surface area is 174 Å². The maximum absolute atomic E-state index is 12.8. The summed E-state index contributed by atoms with van der Waals surface area (Å²) in [6.45, 7) is 4.44. The minimum Gasteiger partial charge on any atom is -0.494 e. The van der Waals surface area contributed by atoms with E-state index in [1.54, 1.807) is 12.3 Å². The van der Waals surface area contributed by atoms with E-state index in [2.05, 4.69) is 20.4 Å². The van der Waals surface area contributed by atoms with Crippen molar-refractivity contribution in [3.63, 3.8) is 0 Å². The highest BCUT2D eigenvalue weighted by Gasteiger charge is 2.28. The molecule has 0 spiro atoms. The van der Waals surface area contributed by atoms with E-state index in [0.717, 1.165) is 42.3 Å². The standard InChI is InChI=1S/C21H24ClN5O2/c1-2-29-18-8-4-3-6-15(18)12-23-20(28)16-7-5-11-26(13-16)21-25-24-19-10-9-17(22)14-27(19)21/h3-4,6,8-10,14,16H,2,5,7,11-13H2,1H3,(H,23,28)/t16-/m1/s1. The molecule has 1 saturated heterocycles. The fraction of sp³-hybridized carbons (Fsp3) is 0.381. The van der Waals surface area contributed by atoms with Crippen molar-refractivity contribution in [1.29, 1.82) is 0 Å². The number of aromatic nitrogens is 3. The minimum atomic E-state index is -0.102. The number of nitrogens with one attached hydrogen (secondary N) is 1. The van der Waals surface area contributed by atoms with E-state index in [1.807, 2.05) is 41.7 Å². The number of nitrogens with zero attached hydrogens (tertiary/aromatic N) is 4. The molecule has 1 aliphatic heterocycles. The number of carbonyl (C=O) groups excluding carboxylic acids is 1. The van der Waals surface area contributed by atoms with Crippen molar-refractivity contribution >= 4 is 29.1 Å². The predicted octanol–water partition coefficient (Wildman–Crippen LogP) is 3.31. The van der Waals surface area contributed by atoms with Crippen LogP contribution in [0.25, 0.3) is 5.65 Å². The van der Waals surface area contributed by atoms with Gasteiger partial charge in [0.15, 0.2) is 5.65 Å². The monoisotopic (exact) mass is 413 g/mol. The summed E-state index contributed by atoms with van der Waals surface area (Å²) in [4.78, 5) is 14.9. The van der Waals surface area contributed by atoms with Crippen LogP contribution < -0.4 is 15.0 Å². The Morgan fingerprint density at radius 2 is 2.14 bits per heavy atom. The molecule has 3 aromatic rings. The number of benzene rings is 1. The van der Waals surface area contributed by atoms with Crippen LogP contribution in [-0.4, -0.2) is 40.2 Å². The summed E-state index contributed by atoms with van der Waals surface area (Å²) in [5.41, 5.74) is 1.72. The molecule has 152 valence electrons. The smallest absolute Gasteiger partial charge is 0.231 e. The number of piperidine rings is 1. The summed E-state index contributed by atoms with van der Waals surface area (Å²) < 4.78 is 7.52. The third kappa shape index (κ3) is 4.29. The first-order valence-electron chi connectivity index (χ1n) is 9.89. The number of carbonyl (C=O) groups is 1. The zero-order chi connectivity index (χ0) is 20.2. The highest BCUT2D eigenvalue weighted by atomic mass is 35.5. The van der Waals surface area contributed by atoms with E-state index in [9.17, 15) is 4.79 Å². The highest BCUT2D eigenvalue weighted by molar-refractivity contribution is 6.30. The summed E-state index contributed by atoms with van der Waals surface area (Å²) in [5.74, 6) is 1.48. The average Bonchev–Trinajstić information content (AvgIpc) is 3.16. The third-order valence-corrected chi connectivity index (χ3v) is 5.37. The average molecular weight is 414 g/mol. The fourth-order valence-corrected chi connectivity index (χ4v) is 3.87. The zero-order valence-electron chi connectivity index (χ0n) is 16.3. The molecular weight excluding hydrogens is 390 g/mol. The van der Waals surface area contributed by atoms with Crippen molar-refractivity contribution in [3.8, 4) is 5.75 Å². The molecule has 4 rings (SSSR count). The predicted molar refractivity (Wildman–Crippen MR) is 112 cm³/mol. The van der Waals surface area contributed by atoms with Crippen LogP contribution in [0.2, 0.25) is 5.02 Å². The van der Waals surface area contributed by atoms with Gasteiger partial charge in [-0.3, -0.25) is 9.20 Å². The second kappa shape index (κ2) is 8.69. The first kappa shape index (κ1) is 19.5. The van der Waals surface area contributed by atoms with Crippen LogP contribution in [0.3, 0.4) is 0 Å². The van der Waals surface area contributed by atoms with Crippen LogP contribution in [0.1, 0.15) is 25.3 Å². The molecule has 0 bridgehead atoms. The van der Waals surface area contributed by atoms with Gasteiger partial charge in [0.05, 0.1) is 17.5 Å². The Balaban J connectivity index is 1.43. The van der Waals surface area contributed by atoms with Crippen molar-refractivity contribution in [3.05, 3.63) is 53.2 Å². The van der Waals surface area contributed by atoms with E-state index in [0.29, 0.717) is 24.7 Å². The largest absolute Gasteiger partial charge is 0.494 e. The van der Waals surface area contributed by atoms with Crippen molar-refractivity contribution in [2.24, 2.45) is 5.92 Å². The maximum atomic E-state index is 12.8. The van der Waals surface area contributed by atoms with Crippen LogP contribution in [0.4, 0.5) is 5.95 Å². The molecule has 2 aromatic heterocycles. The molecule has 1 aliphatic rings. The molecule has 3 heterocycles. The van der Waals surface area contributed by atoms with E-state index in [1.165, 1.54) is 0 Å². The van der Waals surface area contributed by atoms with Gasteiger partial charge < -0.3 is 15.0 Å². The summed E-state index contributed by atoms with van der Waals surface area (Å²) in [5, 5.41) is 12.2. The van der Waals surface area contributed by atoms with Crippen molar-refractivity contribution in [1.82, 2.24) is 19.9 Å². The number of halogens is 1. The van der Waals surface area contributed by atoms with E-state index in [4.69, 9.17) is 16.3 Å². The molecule has 1 N–H and O–H groups in total. The van der Waals surface area contributed by atoms with E-state index in [-0.39, 0.29) is 11.8 Å². The molecule has 1 aromatic carbocycles. The van der Waals surface area contributed by atoms with Gasteiger partial charge in [0.1, 0.15) is 5.75 Å². The number of anilines is 1. The molecule has 1 amide bonds. The molecule has 0 radical (unpaired) electrons. The van der Waals surface area contributed by atoms with Gasteiger partial charge in [0.2, 0.25) is 11.9 Å². The van der Waals surface area contributed by atoms with Crippen molar-refractivity contribution in [2.45, 2.75) is 26.3 Å². The SMILES string of the molecule is CCOc1ccccc1CNC(=O)[C@@H]1CCCN(c2nnc3ccc(Cl)cn23)C1. The number of hydrogen-bond acceptors (Lipinski definition) is 5. The fourth-order valence-electron chi connectivity index (χ4n) is 3.71. The normalized spacial score (nSPS) is 16.8. The number of ether oxygens (including phenoxy) is 1. The lowest BCUT2D eigenvalue weighted by Gasteiger charge is -2.32. The summed E-state index contributed by atoms with van der Waals surface area (Å²) in [6, 6.07) is 11.4. The second-order valence-electron chi connectivity index (χ2n) is 7.12. The van der Waals surface area contributed by atoms with Gasteiger partial charge in [-0.1, -0.05) is 29.8 Å². The van der Waals surface area contributed by atoms with Crippen molar-refractivity contribution in [2.75, 3.05) is 24.6 Å². The second-order valence-corrected chi connectivity index (χ2v) is 7.56. The van der Waals surface area contributed by atoms with Crippen LogP contribution in [-0.2, 0) is 11.3 Å². The number of para-hydroxylation sites is 1. The lowest BCUT2D eigenvalue weighted by atomic mass is 9.97. The van der Waals surface area contributed by atoms with Gasteiger partial charge in [0, 0.05) is 31.4 Å². The topological polar surface area (TPSA) is 71.8 Å². The molecule has 8 heteroatoms. The minimum absolute atomic E-state index is 0.0489. The number of hydrogen-bond donors (Lipinski definition) is 1. The molecule has 1 atom stereocenters. The molecule has 0 unspecified atom stereocenters. The number of amides is 1. The Kier molecular flexibility index (Phi) is 5.85. The summed E-state index contributed by atoms with van der Waals surface area (Å²) in [7, 11) is 0. The third-order valence-electron chi connectivity index (χ3n) is 5.15. The van der Waals surface area contributed by atoms with Gasteiger partial charge in [-0.05, 0) is 38.0 Å². The lowest BCUT2D eigenvalue weighted by molar-refractivity contribution is -0.125.